The van der Waals surface area contributed by atoms with Crippen molar-refractivity contribution in [3.63, 3.8) is 0 Å². The lowest BCUT2D eigenvalue weighted by Gasteiger charge is -2.08. The molecule has 0 atom stereocenters. The van der Waals surface area contributed by atoms with E-state index in [1.807, 2.05) is 30.6 Å². The van der Waals surface area contributed by atoms with Crippen LogP contribution in [0.4, 0.5) is 0 Å². The fourth-order valence-electron chi connectivity index (χ4n) is 3.40. The molecule has 1 aromatic carbocycles. The van der Waals surface area contributed by atoms with Gasteiger partial charge in [0.25, 0.3) is 0 Å². The van der Waals surface area contributed by atoms with Crippen molar-refractivity contribution in [3.05, 3.63) is 53.3 Å². The topological polar surface area (TPSA) is 17.8 Å². The van der Waals surface area contributed by atoms with Crippen LogP contribution in [-0.2, 0) is 13.5 Å². The Bertz CT molecular complexity index is 809. The van der Waals surface area contributed by atoms with Crippen LogP contribution < -0.4 is 0 Å². The molecular weight excluding hydrogens is 339 g/mol. The van der Waals surface area contributed by atoms with Gasteiger partial charge in [0, 0.05) is 36.3 Å². The molecule has 0 aliphatic carbocycles. The number of rotatable bonds is 7. The van der Waals surface area contributed by atoms with Gasteiger partial charge in [-0.15, -0.1) is 11.6 Å². The van der Waals surface area contributed by atoms with E-state index >= 15 is 0 Å². The molecule has 2 heterocycles. The summed E-state index contributed by atoms with van der Waals surface area (Å²) in [5.41, 5.74) is 4.88. The van der Waals surface area contributed by atoms with Crippen LogP contribution in [0.1, 0.15) is 31.2 Å². The predicted octanol–water partition coefficient (Wildman–Crippen LogP) is 6.24. The molecule has 2 nitrogen and oxygen atoms in total. The van der Waals surface area contributed by atoms with Gasteiger partial charge in [0.05, 0.1) is 16.2 Å². The number of alkyl halides is 1. The Balaban J connectivity index is 2.03. The van der Waals surface area contributed by atoms with Crippen LogP contribution in [-0.4, -0.2) is 15.4 Å². The van der Waals surface area contributed by atoms with Crippen molar-refractivity contribution in [2.24, 2.45) is 7.05 Å². The van der Waals surface area contributed by atoms with E-state index in [4.69, 9.17) is 23.2 Å². The molecule has 3 aromatic rings. The van der Waals surface area contributed by atoms with Crippen LogP contribution >= 0.6 is 23.2 Å². The van der Waals surface area contributed by atoms with Gasteiger partial charge in [0.15, 0.2) is 0 Å². The third-order valence-electron chi connectivity index (χ3n) is 4.52. The van der Waals surface area contributed by atoms with Gasteiger partial charge < -0.3 is 4.57 Å². The van der Waals surface area contributed by atoms with Crippen LogP contribution in [0, 0.1) is 0 Å². The average molecular weight is 361 g/mol. The minimum absolute atomic E-state index is 0.751. The fourth-order valence-corrected chi connectivity index (χ4v) is 3.87. The average Bonchev–Trinajstić information content (AvgIpc) is 2.89. The quantitative estimate of drug-likeness (QED) is 0.360. The highest BCUT2D eigenvalue weighted by Crippen LogP contribution is 2.37. The number of aromatic nitrogens is 2. The van der Waals surface area contributed by atoms with E-state index in [0.717, 1.165) is 35.7 Å². The number of fused-ring (bicyclic) bond motifs is 1. The van der Waals surface area contributed by atoms with Crippen molar-refractivity contribution < 1.29 is 0 Å². The Labute approximate surface area is 153 Å². The summed E-state index contributed by atoms with van der Waals surface area (Å²) in [7, 11) is 2.11. The zero-order chi connectivity index (χ0) is 16.9. The van der Waals surface area contributed by atoms with Crippen LogP contribution in [0.15, 0.2) is 42.7 Å². The van der Waals surface area contributed by atoms with Gasteiger partial charge >= 0.3 is 0 Å². The second kappa shape index (κ2) is 8.04. The van der Waals surface area contributed by atoms with E-state index in [0.29, 0.717) is 0 Å². The Morgan fingerprint density at radius 3 is 2.62 bits per heavy atom. The molecule has 0 fully saturated rings. The van der Waals surface area contributed by atoms with Gasteiger partial charge in [-0.2, -0.15) is 0 Å². The molecule has 0 radical (unpaired) electrons. The highest BCUT2D eigenvalue weighted by atomic mass is 35.5. The maximum absolute atomic E-state index is 6.55. The molecule has 0 aliphatic rings. The van der Waals surface area contributed by atoms with E-state index in [9.17, 15) is 0 Å². The van der Waals surface area contributed by atoms with Crippen molar-refractivity contribution in [1.29, 1.82) is 0 Å². The monoisotopic (exact) mass is 360 g/mol. The number of benzene rings is 1. The number of hydrogen-bond donors (Lipinski definition) is 0. The zero-order valence-electron chi connectivity index (χ0n) is 13.9. The molecule has 0 N–H and O–H groups in total. The minimum Gasteiger partial charge on any atom is -0.343 e. The van der Waals surface area contributed by atoms with Gasteiger partial charge in [-0.3, -0.25) is 4.98 Å². The van der Waals surface area contributed by atoms with Gasteiger partial charge in [0.1, 0.15) is 0 Å². The van der Waals surface area contributed by atoms with Crippen molar-refractivity contribution >= 4 is 34.1 Å². The van der Waals surface area contributed by atoms with Gasteiger partial charge in [-0.05, 0) is 49.1 Å². The zero-order valence-corrected chi connectivity index (χ0v) is 15.4. The second-order valence-electron chi connectivity index (χ2n) is 6.12. The molecule has 2 aromatic heterocycles. The molecule has 0 spiro atoms. The highest BCUT2D eigenvalue weighted by molar-refractivity contribution is 6.36. The first-order valence-corrected chi connectivity index (χ1v) is 9.37. The van der Waals surface area contributed by atoms with Crippen molar-refractivity contribution in [3.8, 4) is 11.3 Å². The van der Waals surface area contributed by atoms with E-state index in [1.165, 1.54) is 35.0 Å². The van der Waals surface area contributed by atoms with Gasteiger partial charge in [-0.1, -0.05) is 30.5 Å². The largest absolute Gasteiger partial charge is 0.343 e. The van der Waals surface area contributed by atoms with E-state index in [2.05, 4.69) is 28.7 Å². The second-order valence-corrected chi connectivity index (χ2v) is 6.90. The summed E-state index contributed by atoms with van der Waals surface area (Å²) in [5.74, 6) is 0.751. The smallest absolute Gasteiger partial charge is 0.0537 e. The van der Waals surface area contributed by atoms with Crippen LogP contribution in [0.25, 0.3) is 22.2 Å². The molecule has 3 rings (SSSR count). The molecule has 24 heavy (non-hydrogen) atoms. The lowest BCUT2D eigenvalue weighted by molar-refractivity contribution is 0.670. The van der Waals surface area contributed by atoms with Crippen molar-refractivity contribution in [2.75, 3.05) is 5.88 Å². The lowest BCUT2D eigenvalue weighted by atomic mass is 10.00. The van der Waals surface area contributed by atoms with Crippen molar-refractivity contribution in [2.45, 2.75) is 32.1 Å². The van der Waals surface area contributed by atoms with E-state index in [1.54, 1.807) is 0 Å². The van der Waals surface area contributed by atoms with Crippen molar-refractivity contribution in [1.82, 2.24) is 9.55 Å². The van der Waals surface area contributed by atoms with Gasteiger partial charge in [0.2, 0.25) is 0 Å². The number of halogens is 2. The lowest BCUT2D eigenvalue weighted by Crippen LogP contribution is -1.95. The Morgan fingerprint density at radius 1 is 1.04 bits per heavy atom. The minimum atomic E-state index is 0.751. The molecule has 126 valence electrons. The number of hydrogen-bond acceptors (Lipinski definition) is 1. The van der Waals surface area contributed by atoms with Crippen LogP contribution in [0.3, 0.4) is 0 Å². The summed E-state index contributed by atoms with van der Waals surface area (Å²) in [6.07, 6.45) is 9.38. The molecule has 4 heteroatoms. The fraction of sp³-hybridized carbons (Fsp3) is 0.350. The number of pyridine rings is 1. The molecule has 0 unspecified atom stereocenters. The highest BCUT2D eigenvalue weighted by Gasteiger charge is 2.18. The summed E-state index contributed by atoms with van der Waals surface area (Å²) < 4.78 is 2.24. The van der Waals surface area contributed by atoms with E-state index in [-0.39, 0.29) is 0 Å². The van der Waals surface area contributed by atoms with Crippen LogP contribution in [0.5, 0.6) is 0 Å². The molecule has 0 saturated carbocycles. The normalized spacial score (nSPS) is 11.3. The number of aryl methyl sites for hydroxylation is 2. The SMILES string of the molecule is Cn1c(-c2cccnc2)c(CCCCCCCl)c2c(Cl)cccc21. The summed E-state index contributed by atoms with van der Waals surface area (Å²) >= 11 is 12.3. The standard InChI is InChI=1S/C20H22Cl2N2/c1-24-18-11-6-10-17(22)19(18)16(9-4-2-3-5-12-21)20(24)15-8-7-13-23-14-15/h6-8,10-11,13-14H,2-5,9,12H2,1H3. The first-order chi connectivity index (χ1) is 11.7. The molecule has 0 saturated heterocycles. The predicted molar refractivity (Wildman–Crippen MR) is 104 cm³/mol. The van der Waals surface area contributed by atoms with E-state index < -0.39 is 0 Å². The van der Waals surface area contributed by atoms with Gasteiger partial charge in [-0.25, -0.2) is 0 Å². The maximum Gasteiger partial charge on any atom is 0.0537 e. The molecular formula is C20H22Cl2N2. The summed E-state index contributed by atoms with van der Waals surface area (Å²) in [5, 5.41) is 2.01. The third kappa shape index (κ3) is 3.45. The van der Waals surface area contributed by atoms with Crippen LogP contribution in [0.2, 0.25) is 5.02 Å². The Hall–Kier alpha value is -1.51. The Kier molecular flexibility index (Phi) is 5.80. The molecule has 0 aliphatic heterocycles. The molecule has 0 amide bonds. The summed E-state index contributed by atoms with van der Waals surface area (Å²) in [6.45, 7) is 0. The summed E-state index contributed by atoms with van der Waals surface area (Å²) in [4.78, 5) is 4.30. The Morgan fingerprint density at radius 2 is 1.88 bits per heavy atom. The molecule has 0 bridgehead atoms. The first kappa shape index (κ1) is 17.3. The number of unbranched alkanes of at least 4 members (excludes halogenated alkanes) is 3. The first-order valence-electron chi connectivity index (χ1n) is 8.46. The third-order valence-corrected chi connectivity index (χ3v) is 5.10. The number of nitrogens with zero attached hydrogens (tertiary/aromatic N) is 2. The summed E-state index contributed by atoms with van der Waals surface area (Å²) in [6, 6.07) is 10.2. The maximum atomic E-state index is 6.55.